The number of halogens is 1. The van der Waals surface area contributed by atoms with Crippen LogP contribution in [0.2, 0.25) is 0 Å². The predicted octanol–water partition coefficient (Wildman–Crippen LogP) is 3.68. The lowest BCUT2D eigenvalue weighted by atomic mass is 10.2. The highest BCUT2D eigenvalue weighted by Crippen LogP contribution is 2.11. The van der Waals surface area contributed by atoms with Crippen LogP contribution in [0.1, 0.15) is 19.4 Å². The first-order chi connectivity index (χ1) is 7.22. The lowest BCUT2D eigenvalue weighted by Gasteiger charge is -2.13. The van der Waals surface area contributed by atoms with Crippen LogP contribution < -0.4 is 5.32 Å². The Hall–Kier alpha value is 0.01000. The van der Waals surface area contributed by atoms with Gasteiger partial charge in [0.05, 0.1) is 0 Å². The number of hydrogen-bond acceptors (Lipinski definition) is 2. The number of rotatable bonds is 6. The highest BCUT2D eigenvalue weighted by Gasteiger charge is 2.00. The molecule has 0 aliphatic carbocycles. The summed E-state index contributed by atoms with van der Waals surface area (Å²) in [5.41, 5.74) is 1.33. The van der Waals surface area contributed by atoms with E-state index in [2.05, 4.69) is 59.4 Å². The molecule has 1 aromatic rings. The van der Waals surface area contributed by atoms with E-state index in [0.717, 1.165) is 11.0 Å². The molecule has 1 rings (SSSR count). The molecule has 0 spiro atoms. The van der Waals surface area contributed by atoms with Gasteiger partial charge in [-0.05, 0) is 30.4 Å². The molecule has 0 radical (unpaired) electrons. The summed E-state index contributed by atoms with van der Waals surface area (Å²) in [6.45, 7) is 5.39. The minimum atomic E-state index is 0.578. The molecule has 1 atom stereocenters. The fraction of sp³-hybridized carbons (Fsp3) is 0.500. The fourth-order valence-electron chi connectivity index (χ4n) is 1.29. The second kappa shape index (κ2) is 7.31. The molecule has 0 aliphatic heterocycles. The van der Waals surface area contributed by atoms with Gasteiger partial charge in [0.25, 0.3) is 0 Å². The minimum Gasteiger partial charge on any atom is -0.309 e. The Labute approximate surface area is 105 Å². The van der Waals surface area contributed by atoms with Crippen LogP contribution in [0.5, 0.6) is 0 Å². The van der Waals surface area contributed by atoms with Crippen LogP contribution in [0.25, 0.3) is 0 Å². The van der Waals surface area contributed by atoms with Crippen molar-refractivity contribution in [1.82, 2.24) is 5.32 Å². The van der Waals surface area contributed by atoms with Gasteiger partial charge in [-0.3, -0.25) is 0 Å². The van der Waals surface area contributed by atoms with E-state index in [1.165, 1.54) is 17.1 Å². The number of hydrogen-bond donors (Lipinski definition) is 1. The van der Waals surface area contributed by atoms with E-state index in [-0.39, 0.29) is 0 Å². The molecule has 1 unspecified atom stereocenters. The van der Waals surface area contributed by atoms with E-state index in [1.807, 2.05) is 11.8 Å². The summed E-state index contributed by atoms with van der Waals surface area (Å²) in [7, 11) is 0. The van der Waals surface area contributed by atoms with Gasteiger partial charge in [-0.2, -0.15) is 11.8 Å². The molecule has 0 fully saturated rings. The summed E-state index contributed by atoms with van der Waals surface area (Å²) in [6.07, 6.45) is 0. The molecule has 0 amide bonds. The van der Waals surface area contributed by atoms with Crippen molar-refractivity contribution in [3.8, 4) is 0 Å². The first-order valence-corrected chi connectivity index (χ1v) is 7.22. The van der Waals surface area contributed by atoms with Crippen molar-refractivity contribution in [1.29, 1.82) is 0 Å². The molecule has 3 heteroatoms. The molecule has 0 bridgehead atoms. The highest BCUT2D eigenvalue weighted by atomic mass is 79.9. The molecule has 1 N–H and O–H groups in total. The van der Waals surface area contributed by atoms with Gasteiger partial charge in [0.2, 0.25) is 0 Å². The van der Waals surface area contributed by atoms with Gasteiger partial charge in [0.1, 0.15) is 0 Å². The van der Waals surface area contributed by atoms with E-state index in [0.29, 0.717) is 6.04 Å². The van der Waals surface area contributed by atoms with Crippen LogP contribution in [0.15, 0.2) is 28.7 Å². The van der Waals surface area contributed by atoms with Crippen LogP contribution in [0.3, 0.4) is 0 Å². The van der Waals surface area contributed by atoms with Crippen molar-refractivity contribution >= 4 is 27.7 Å². The van der Waals surface area contributed by atoms with Crippen molar-refractivity contribution in [2.75, 3.05) is 11.5 Å². The molecule has 1 nitrogen and oxygen atoms in total. The van der Waals surface area contributed by atoms with Crippen molar-refractivity contribution < 1.29 is 0 Å². The minimum absolute atomic E-state index is 0.578. The molecule has 1 aromatic carbocycles. The molecular formula is C12H18BrNS. The number of benzene rings is 1. The first kappa shape index (κ1) is 13.1. The molecule has 0 saturated carbocycles. The molecule has 15 heavy (non-hydrogen) atoms. The van der Waals surface area contributed by atoms with Gasteiger partial charge >= 0.3 is 0 Å². The van der Waals surface area contributed by atoms with Crippen molar-refractivity contribution in [2.24, 2.45) is 0 Å². The van der Waals surface area contributed by atoms with Gasteiger partial charge in [-0.25, -0.2) is 0 Å². The molecule has 0 aliphatic rings. The SMILES string of the molecule is CCSCC(C)NCc1cccc(Br)c1. The maximum atomic E-state index is 3.52. The van der Waals surface area contributed by atoms with E-state index < -0.39 is 0 Å². The highest BCUT2D eigenvalue weighted by molar-refractivity contribution is 9.10. The van der Waals surface area contributed by atoms with E-state index >= 15 is 0 Å². The quantitative estimate of drug-likeness (QED) is 0.857. The van der Waals surface area contributed by atoms with Crippen LogP contribution in [0, 0.1) is 0 Å². The van der Waals surface area contributed by atoms with Gasteiger partial charge in [0, 0.05) is 22.8 Å². The standard InChI is InChI=1S/C12H18BrNS/c1-3-15-9-10(2)14-8-11-5-4-6-12(13)7-11/h4-7,10,14H,3,8-9H2,1-2H3. The zero-order chi connectivity index (χ0) is 11.1. The summed E-state index contributed by atoms with van der Waals surface area (Å²) in [5, 5.41) is 3.52. The Kier molecular flexibility index (Phi) is 6.37. The lowest BCUT2D eigenvalue weighted by Crippen LogP contribution is -2.27. The summed E-state index contributed by atoms with van der Waals surface area (Å²) < 4.78 is 1.15. The largest absolute Gasteiger partial charge is 0.309 e. The van der Waals surface area contributed by atoms with Gasteiger partial charge < -0.3 is 5.32 Å². The first-order valence-electron chi connectivity index (χ1n) is 5.28. The summed E-state index contributed by atoms with van der Waals surface area (Å²) >= 11 is 5.46. The molecular weight excluding hydrogens is 270 g/mol. The Balaban J connectivity index is 2.30. The number of thioether (sulfide) groups is 1. The second-order valence-corrected chi connectivity index (χ2v) is 5.81. The average molecular weight is 288 g/mol. The van der Waals surface area contributed by atoms with Crippen LogP contribution >= 0.6 is 27.7 Å². The van der Waals surface area contributed by atoms with Gasteiger partial charge in [-0.1, -0.05) is 35.0 Å². The van der Waals surface area contributed by atoms with Crippen LogP contribution in [-0.2, 0) is 6.54 Å². The van der Waals surface area contributed by atoms with E-state index in [1.54, 1.807) is 0 Å². The maximum Gasteiger partial charge on any atom is 0.0208 e. The average Bonchev–Trinajstić information content (AvgIpc) is 2.23. The third-order valence-electron chi connectivity index (χ3n) is 2.12. The van der Waals surface area contributed by atoms with E-state index in [9.17, 15) is 0 Å². The summed E-state index contributed by atoms with van der Waals surface area (Å²) in [6, 6.07) is 9.02. The summed E-state index contributed by atoms with van der Waals surface area (Å²) in [4.78, 5) is 0. The Morgan fingerprint density at radius 1 is 1.47 bits per heavy atom. The normalized spacial score (nSPS) is 12.7. The molecule has 84 valence electrons. The third kappa shape index (κ3) is 5.59. The van der Waals surface area contributed by atoms with Gasteiger partial charge in [0.15, 0.2) is 0 Å². The molecule has 0 heterocycles. The van der Waals surface area contributed by atoms with Crippen molar-refractivity contribution in [2.45, 2.75) is 26.4 Å². The zero-order valence-corrected chi connectivity index (χ0v) is 11.7. The van der Waals surface area contributed by atoms with Crippen molar-refractivity contribution in [3.63, 3.8) is 0 Å². The molecule has 0 saturated heterocycles. The van der Waals surface area contributed by atoms with E-state index in [4.69, 9.17) is 0 Å². The monoisotopic (exact) mass is 287 g/mol. The Morgan fingerprint density at radius 2 is 2.27 bits per heavy atom. The fourth-order valence-corrected chi connectivity index (χ4v) is 2.45. The Morgan fingerprint density at radius 3 is 2.93 bits per heavy atom. The van der Waals surface area contributed by atoms with Crippen molar-refractivity contribution in [3.05, 3.63) is 34.3 Å². The van der Waals surface area contributed by atoms with Crippen LogP contribution in [0.4, 0.5) is 0 Å². The summed E-state index contributed by atoms with van der Waals surface area (Å²) in [5.74, 6) is 2.38. The third-order valence-corrected chi connectivity index (χ3v) is 3.75. The smallest absolute Gasteiger partial charge is 0.0208 e. The predicted molar refractivity (Wildman–Crippen MR) is 73.4 cm³/mol. The van der Waals surface area contributed by atoms with Gasteiger partial charge in [-0.15, -0.1) is 0 Å². The second-order valence-electron chi connectivity index (χ2n) is 3.57. The Bertz CT molecular complexity index is 291. The van der Waals surface area contributed by atoms with Crippen LogP contribution in [-0.4, -0.2) is 17.5 Å². The number of nitrogens with one attached hydrogen (secondary N) is 1. The zero-order valence-electron chi connectivity index (χ0n) is 9.29. The maximum absolute atomic E-state index is 3.52. The topological polar surface area (TPSA) is 12.0 Å². The molecule has 0 aromatic heterocycles. The lowest BCUT2D eigenvalue weighted by molar-refractivity contribution is 0.596.